The van der Waals surface area contributed by atoms with E-state index in [1.54, 1.807) is 42.5 Å². The summed E-state index contributed by atoms with van der Waals surface area (Å²) in [7, 11) is 0. The van der Waals surface area contributed by atoms with Gasteiger partial charge in [-0.2, -0.15) is 9.78 Å². The van der Waals surface area contributed by atoms with E-state index in [-0.39, 0.29) is 24.0 Å². The van der Waals surface area contributed by atoms with Gasteiger partial charge in [-0.1, -0.05) is 55.8 Å². The standard InChI is InChI=1S/C35H33ClN4O4/c1-5-43-32-17-23(4)29(19-28(32)22(2)3)34-39-30-14-10-9-13-27(30)35(42)40(34)37-20-24-18-25(36)15-16-31(24)44-21-33(41)38-26-11-7-6-8-12-26/h6-20,22H,5,21H2,1-4H3,(H,38,41). The van der Waals surface area contributed by atoms with Crippen LogP contribution in [0.5, 0.6) is 11.5 Å². The minimum Gasteiger partial charge on any atom is -0.494 e. The first-order valence-electron chi connectivity index (χ1n) is 14.4. The van der Waals surface area contributed by atoms with Crippen LogP contribution >= 0.6 is 11.6 Å². The third-order valence-corrected chi connectivity index (χ3v) is 7.21. The van der Waals surface area contributed by atoms with Crippen molar-refractivity contribution in [3.63, 3.8) is 0 Å². The number of nitrogens with zero attached hydrogens (tertiary/aromatic N) is 3. The number of hydrogen-bond donors (Lipinski definition) is 1. The highest BCUT2D eigenvalue weighted by Gasteiger charge is 2.19. The Bertz CT molecular complexity index is 1900. The largest absolute Gasteiger partial charge is 0.494 e. The van der Waals surface area contributed by atoms with Gasteiger partial charge < -0.3 is 14.8 Å². The second kappa shape index (κ2) is 13.6. The van der Waals surface area contributed by atoms with Crippen LogP contribution in [0, 0.1) is 6.92 Å². The zero-order chi connectivity index (χ0) is 31.2. The maximum absolute atomic E-state index is 13.9. The molecule has 9 heteroatoms. The van der Waals surface area contributed by atoms with Crippen LogP contribution in [0.25, 0.3) is 22.3 Å². The molecule has 4 aromatic carbocycles. The fourth-order valence-electron chi connectivity index (χ4n) is 4.81. The third kappa shape index (κ3) is 6.82. The first-order valence-corrected chi connectivity index (χ1v) is 14.7. The number of aryl methyl sites for hydroxylation is 1. The number of fused-ring (bicyclic) bond motifs is 1. The Morgan fingerprint density at radius 3 is 2.50 bits per heavy atom. The molecule has 5 rings (SSSR count). The average Bonchev–Trinajstić information content (AvgIpc) is 3.01. The molecule has 0 saturated carbocycles. The number of benzene rings is 4. The molecule has 0 aliphatic rings. The second-order valence-electron chi connectivity index (χ2n) is 10.5. The number of amides is 1. The summed E-state index contributed by atoms with van der Waals surface area (Å²) >= 11 is 6.32. The van der Waals surface area contributed by atoms with E-state index in [4.69, 9.17) is 26.1 Å². The molecule has 5 aromatic rings. The van der Waals surface area contributed by atoms with Crippen LogP contribution in [-0.2, 0) is 4.79 Å². The molecule has 0 aliphatic carbocycles. The van der Waals surface area contributed by atoms with Gasteiger partial charge in [0.1, 0.15) is 11.5 Å². The molecule has 0 aliphatic heterocycles. The molecule has 1 N–H and O–H groups in total. The number of nitrogens with one attached hydrogen (secondary N) is 1. The van der Waals surface area contributed by atoms with E-state index in [9.17, 15) is 9.59 Å². The molecular weight excluding hydrogens is 576 g/mol. The zero-order valence-electron chi connectivity index (χ0n) is 25.0. The molecule has 0 fully saturated rings. The monoisotopic (exact) mass is 608 g/mol. The minimum atomic E-state index is -0.326. The molecule has 224 valence electrons. The molecule has 0 radical (unpaired) electrons. The van der Waals surface area contributed by atoms with Crippen LogP contribution in [0.1, 0.15) is 43.4 Å². The molecule has 8 nitrogen and oxygen atoms in total. The molecule has 0 spiro atoms. The minimum absolute atomic E-state index is 0.172. The number of hydrogen-bond acceptors (Lipinski definition) is 6. The van der Waals surface area contributed by atoms with Gasteiger partial charge in [-0.05, 0) is 85.5 Å². The van der Waals surface area contributed by atoms with Crippen molar-refractivity contribution in [2.45, 2.75) is 33.6 Å². The Balaban J connectivity index is 1.56. The number of carbonyl (C=O) groups is 1. The summed E-state index contributed by atoms with van der Waals surface area (Å²) in [5.41, 5.74) is 4.05. The van der Waals surface area contributed by atoms with Crippen LogP contribution in [0.3, 0.4) is 0 Å². The summed E-state index contributed by atoms with van der Waals surface area (Å²) in [6.45, 7) is 8.41. The Kier molecular flexibility index (Phi) is 9.41. The van der Waals surface area contributed by atoms with Crippen molar-refractivity contribution < 1.29 is 14.3 Å². The van der Waals surface area contributed by atoms with Gasteiger partial charge >= 0.3 is 0 Å². The van der Waals surface area contributed by atoms with Gasteiger partial charge in [-0.3, -0.25) is 9.59 Å². The number of para-hydroxylation sites is 2. The highest BCUT2D eigenvalue weighted by Crippen LogP contribution is 2.34. The van der Waals surface area contributed by atoms with Crippen molar-refractivity contribution in [1.29, 1.82) is 0 Å². The summed E-state index contributed by atoms with van der Waals surface area (Å²) in [5.74, 6) is 1.42. The fourth-order valence-corrected chi connectivity index (χ4v) is 4.99. The molecule has 0 saturated heterocycles. The highest BCUT2D eigenvalue weighted by molar-refractivity contribution is 6.30. The van der Waals surface area contributed by atoms with Gasteiger partial charge in [0, 0.05) is 21.8 Å². The lowest BCUT2D eigenvalue weighted by Crippen LogP contribution is -2.21. The Morgan fingerprint density at radius 1 is 1.00 bits per heavy atom. The Morgan fingerprint density at radius 2 is 1.75 bits per heavy atom. The van der Waals surface area contributed by atoms with Gasteiger partial charge in [-0.15, -0.1) is 0 Å². The van der Waals surface area contributed by atoms with E-state index in [1.165, 1.54) is 10.9 Å². The van der Waals surface area contributed by atoms with Gasteiger partial charge in [0.2, 0.25) is 0 Å². The van der Waals surface area contributed by atoms with E-state index in [2.05, 4.69) is 24.3 Å². The Hall–Kier alpha value is -4.95. The average molecular weight is 609 g/mol. The van der Waals surface area contributed by atoms with Crippen LogP contribution in [0.2, 0.25) is 5.02 Å². The topological polar surface area (TPSA) is 94.8 Å². The number of anilines is 1. The summed E-state index contributed by atoms with van der Waals surface area (Å²) in [5, 5.41) is 8.29. The Labute approximate surface area is 260 Å². The van der Waals surface area contributed by atoms with Gasteiger partial charge in [-0.25, -0.2) is 4.98 Å². The smallest absolute Gasteiger partial charge is 0.282 e. The summed E-state index contributed by atoms with van der Waals surface area (Å²) in [6, 6.07) is 25.3. The van der Waals surface area contributed by atoms with Crippen molar-refractivity contribution in [3.8, 4) is 22.9 Å². The second-order valence-corrected chi connectivity index (χ2v) is 10.9. The lowest BCUT2D eigenvalue weighted by molar-refractivity contribution is -0.118. The number of rotatable bonds is 10. The van der Waals surface area contributed by atoms with Crippen molar-refractivity contribution in [1.82, 2.24) is 9.66 Å². The molecule has 1 heterocycles. The van der Waals surface area contributed by atoms with Crippen molar-refractivity contribution in [3.05, 3.63) is 117 Å². The summed E-state index contributed by atoms with van der Waals surface area (Å²) in [6.07, 6.45) is 1.49. The molecule has 0 unspecified atom stereocenters. The van der Waals surface area contributed by atoms with Gasteiger partial charge in [0.15, 0.2) is 12.4 Å². The van der Waals surface area contributed by atoms with E-state index >= 15 is 0 Å². The van der Waals surface area contributed by atoms with Crippen LogP contribution in [-0.4, -0.2) is 35.0 Å². The maximum atomic E-state index is 13.9. The highest BCUT2D eigenvalue weighted by atomic mass is 35.5. The number of halogens is 1. The molecule has 0 atom stereocenters. The predicted octanol–water partition coefficient (Wildman–Crippen LogP) is 7.45. The number of ether oxygens (including phenoxy) is 2. The van der Waals surface area contributed by atoms with Crippen LogP contribution < -0.4 is 20.3 Å². The van der Waals surface area contributed by atoms with Crippen molar-refractivity contribution in [2.75, 3.05) is 18.5 Å². The maximum Gasteiger partial charge on any atom is 0.282 e. The lowest BCUT2D eigenvalue weighted by atomic mass is 9.96. The number of carbonyl (C=O) groups excluding carboxylic acids is 1. The van der Waals surface area contributed by atoms with E-state index in [1.807, 2.05) is 56.3 Å². The van der Waals surface area contributed by atoms with E-state index < -0.39 is 0 Å². The molecule has 44 heavy (non-hydrogen) atoms. The first kappa shape index (κ1) is 30.5. The normalized spacial score (nSPS) is 11.3. The molecule has 0 bridgehead atoms. The van der Waals surface area contributed by atoms with Crippen LogP contribution in [0.4, 0.5) is 5.69 Å². The lowest BCUT2D eigenvalue weighted by Gasteiger charge is -2.18. The van der Waals surface area contributed by atoms with Crippen LogP contribution in [0.15, 0.2) is 94.8 Å². The van der Waals surface area contributed by atoms with Gasteiger partial charge in [0.25, 0.3) is 11.5 Å². The van der Waals surface area contributed by atoms with Crippen molar-refractivity contribution in [2.24, 2.45) is 5.10 Å². The van der Waals surface area contributed by atoms with E-state index in [0.717, 1.165) is 22.4 Å². The molecule has 1 aromatic heterocycles. The van der Waals surface area contributed by atoms with Gasteiger partial charge in [0.05, 0.1) is 23.7 Å². The quantitative estimate of drug-likeness (QED) is 0.166. The van der Waals surface area contributed by atoms with Crippen molar-refractivity contribution >= 4 is 40.3 Å². The van der Waals surface area contributed by atoms with E-state index in [0.29, 0.717) is 45.4 Å². The summed E-state index contributed by atoms with van der Waals surface area (Å²) in [4.78, 5) is 31.3. The predicted molar refractivity (Wildman–Crippen MR) is 176 cm³/mol. The first-order chi connectivity index (χ1) is 21.2. The molecule has 1 amide bonds. The third-order valence-electron chi connectivity index (χ3n) is 6.97. The number of aromatic nitrogens is 2. The molecular formula is C35H33ClN4O4. The fraction of sp³-hybridized carbons (Fsp3) is 0.200. The zero-order valence-corrected chi connectivity index (χ0v) is 25.8. The summed E-state index contributed by atoms with van der Waals surface area (Å²) < 4.78 is 13.1. The SMILES string of the molecule is CCOc1cc(C)c(-c2nc3ccccc3c(=O)n2N=Cc2cc(Cl)ccc2OCC(=O)Nc2ccccc2)cc1C(C)C.